The number of para-hydroxylation sites is 1. The van der Waals surface area contributed by atoms with Crippen LogP contribution in [0.15, 0.2) is 164 Å². The zero-order chi connectivity index (χ0) is 59.2. The number of fused-ring (bicyclic) bond motifs is 1. The van der Waals surface area contributed by atoms with Gasteiger partial charge in [0.25, 0.3) is 0 Å². The molecule has 0 saturated heterocycles. The lowest BCUT2D eigenvalue weighted by Gasteiger charge is -2.27. The molecule has 0 aliphatic rings. The van der Waals surface area contributed by atoms with Gasteiger partial charge < -0.3 is 5.11 Å². The highest BCUT2D eigenvalue weighted by Crippen LogP contribution is 2.46. The van der Waals surface area contributed by atoms with Gasteiger partial charge in [0.2, 0.25) is 0 Å². The Bertz CT molecular complexity index is 3800. The quantitative estimate of drug-likeness (QED) is 0.173. The molecular formula is C65H67N3O. The Kier molecular flexibility index (Phi) is 8.69. The Labute approximate surface area is 427 Å². The van der Waals surface area contributed by atoms with Crippen molar-refractivity contribution in [3.05, 3.63) is 192 Å². The molecule has 0 fully saturated rings. The molecule has 1 N–H and O–H groups in total. The number of phenolic OH excluding ortho intramolecular Hbond substituents is 1. The van der Waals surface area contributed by atoms with Gasteiger partial charge >= 0.3 is 0 Å². The second-order valence-corrected chi connectivity index (χ2v) is 21.3. The SMILES string of the molecule is [2H]C([2H])([2H])c1cc(-c2ccccc2)ccc1-n1c(-c2cc(C(C)(C)C)cc(C(C)(C)C)c2O)nc2c(-c3cc(-c4cc(-c5cc(-c6ccccc6)ccc5C(C([2H])([2H])[2H])(C([2H])([2H])[2H])C([2H])([2H])[2H])ccn4)cc(C(C)(C)C)c3)cccc21. The minimum Gasteiger partial charge on any atom is -0.507 e. The number of benzene rings is 7. The van der Waals surface area contributed by atoms with Crippen molar-refractivity contribution in [1.82, 2.24) is 14.5 Å². The molecule has 69 heavy (non-hydrogen) atoms. The highest BCUT2D eigenvalue weighted by atomic mass is 16.3. The summed E-state index contributed by atoms with van der Waals surface area (Å²) in [6.45, 7) is 5.54. The van der Waals surface area contributed by atoms with E-state index in [-0.39, 0.29) is 27.9 Å². The number of phenols is 1. The van der Waals surface area contributed by atoms with Crippen molar-refractivity contribution in [2.24, 2.45) is 0 Å². The van der Waals surface area contributed by atoms with Crippen LogP contribution in [0.3, 0.4) is 0 Å². The molecule has 9 aromatic rings. The molecule has 0 unspecified atom stereocenters. The van der Waals surface area contributed by atoms with Crippen molar-refractivity contribution in [3.8, 4) is 78.6 Å². The lowest BCUT2D eigenvalue weighted by molar-refractivity contribution is 0.446. The lowest BCUT2D eigenvalue weighted by Crippen LogP contribution is -2.17. The maximum absolute atomic E-state index is 12.6. The molecule has 0 amide bonds. The molecule has 0 radical (unpaired) electrons. The number of imidazole rings is 1. The van der Waals surface area contributed by atoms with Gasteiger partial charge in [0.05, 0.1) is 28.0 Å². The Morgan fingerprint density at radius 1 is 0.464 bits per heavy atom. The van der Waals surface area contributed by atoms with Crippen molar-refractivity contribution in [2.75, 3.05) is 0 Å². The van der Waals surface area contributed by atoms with Gasteiger partial charge in [-0.15, -0.1) is 0 Å². The van der Waals surface area contributed by atoms with Crippen molar-refractivity contribution in [2.45, 2.75) is 111 Å². The Morgan fingerprint density at radius 2 is 1.10 bits per heavy atom. The molecule has 4 heteroatoms. The second-order valence-electron chi connectivity index (χ2n) is 21.3. The Morgan fingerprint density at radius 3 is 1.74 bits per heavy atom. The van der Waals surface area contributed by atoms with Crippen LogP contribution in [-0.2, 0) is 21.7 Å². The Hall–Kier alpha value is -7.04. The first-order chi connectivity index (χ1) is 37.5. The molecule has 7 aromatic carbocycles. The van der Waals surface area contributed by atoms with E-state index in [0.717, 1.165) is 33.4 Å². The second kappa shape index (κ2) is 17.5. The summed E-state index contributed by atoms with van der Waals surface area (Å²) in [5.74, 6) is 0.362. The number of nitrogens with zero attached hydrogens (tertiary/aromatic N) is 3. The molecule has 2 aromatic heterocycles. The van der Waals surface area contributed by atoms with Crippen LogP contribution in [-0.4, -0.2) is 19.6 Å². The normalized spacial score (nSPS) is 15.8. The van der Waals surface area contributed by atoms with E-state index >= 15 is 0 Å². The standard InChI is InChI=1S/C65H67N3O/c1-41-33-44(42-21-16-14-17-22-42)28-30-57(41)68-58-26-20-25-51(59(58)67-61(68)53-39-50(63(5,6)7)40-55(60(53)69)65(11,12)13)47-34-48(36-49(35-47)62(2,3)4)56-38-46(31-32-66-56)52-37-45(43-23-18-15-19-24-43)27-29-54(52)64(8,9)10/h14-40,69H,1-13H3/i1D3,8D3,9D3,10D3. The Balaban J connectivity index is 1.34. The summed E-state index contributed by atoms with van der Waals surface area (Å²) in [5.41, 5.74) is 5.41. The number of aryl methyl sites for hydroxylation is 1. The average molecular weight is 918 g/mol. The molecule has 0 spiro atoms. The maximum Gasteiger partial charge on any atom is 0.149 e. The van der Waals surface area contributed by atoms with Crippen molar-refractivity contribution < 1.29 is 21.6 Å². The van der Waals surface area contributed by atoms with E-state index in [1.807, 2.05) is 141 Å². The van der Waals surface area contributed by atoms with Gasteiger partial charge in [-0.2, -0.15) is 0 Å². The number of hydrogen-bond donors (Lipinski definition) is 1. The van der Waals surface area contributed by atoms with E-state index < -0.39 is 43.7 Å². The molecule has 348 valence electrons. The molecule has 0 atom stereocenters. The predicted molar refractivity (Wildman–Crippen MR) is 293 cm³/mol. The van der Waals surface area contributed by atoms with Crippen LogP contribution in [0.25, 0.3) is 83.9 Å². The zero-order valence-corrected chi connectivity index (χ0v) is 40.9. The summed E-state index contributed by atoms with van der Waals surface area (Å²) < 4.78 is 107. The number of rotatable bonds is 7. The van der Waals surface area contributed by atoms with E-state index in [0.29, 0.717) is 61.6 Å². The molecule has 0 bridgehead atoms. The summed E-state index contributed by atoms with van der Waals surface area (Å²) in [7, 11) is 0. The topological polar surface area (TPSA) is 50.9 Å². The zero-order valence-electron chi connectivity index (χ0n) is 52.9. The maximum atomic E-state index is 12.6. The predicted octanol–water partition coefficient (Wildman–Crippen LogP) is 17.6. The monoisotopic (exact) mass is 918 g/mol. The summed E-state index contributed by atoms with van der Waals surface area (Å²) in [4.78, 5) is 10.4. The number of hydrogen-bond acceptors (Lipinski definition) is 3. The van der Waals surface area contributed by atoms with Gasteiger partial charge in [-0.05, 0) is 144 Å². The van der Waals surface area contributed by atoms with Crippen LogP contribution in [0.4, 0.5) is 0 Å². The van der Waals surface area contributed by atoms with E-state index in [9.17, 15) is 5.11 Å². The first-order valence-corrected chi connectivity index (χ1v) is 23.5. The third kappa shape index (κ3) is 9.30. The minimum atomic E-state index is -3.52. The summed E-state index contributed by atoms with van der Waals surface area (Å²) >= 11 is 0. The van der Waals surface area contributed by atoms with E-state index in [4.69, 9.17) is 26.4 Å². The van der Waals surface area contributed by atoms with Crippen LogP contribution in [0.1, 0.15) is 127 Å². The van der Waals surface area contributed by atoms with Crippen LogP contribution in [0, 0.1) is 6.85 Å². The minimum absolute atomic E-state index is 0.0271. The molecule has 0 aliphatic heterocycles. The summed E-state index contributed by atoms with van der Waals surface area (Å²) in [6, 6.07) is 48.0. The van der Waals surface area contributed by atoms with Crippen molar-refractivity contribution in [3.63, 3.8) is 0 Å². The number of aromatic hydroxyl groups is 1. The first kappa shape index (κ1) is 34.3. The van der Waals surface area contributed by atoms with Gasteiger partial charge in [-0.25, -0.2) is 4.98 Å². The molecule has 0 aliphatic carbocycles. The largest absolute Gasteiger partial charge is 0.507 e. The first-order valence-electron chi connectivity index (χ1n) is 29.5. The highest BCUT2D eigenvalue weighted by molar-refractivity contribution is 5.97. The van der Waals surface area contributed by atoms with Gasteiger partial charge in [0, 0.05) is 39.3 Å². The van der Waals surface area contributed by atoms with Gasteiger partial charge in [0.15, 0.2) is 0 Å². The summed E-state index contributed by atoms with van der Waals surface area (Å²) in [6.07, 6.45) is 1.54. The molecule has 0 saturated carbocycles. The number of aromatic nitrogens is 3. The fourth-order valence-corrected chi connectivity index (χ4v) is 9.15. The smallest absolute Gasteiger partial charge is 0.149 e. The fraction of sp³-hybridized carbons (Fsp3) is 0.262. The molecule has 2 heterocycles. The van der Waals surface area contributed by atoms with Crippen molar-refractivity contribution in [1.29, 1.82) is 0 Å². The van der Waals surface area contributed by atoms with Gasteiger partial charge in [0.1, 0.15) is 11.6 Å². The average Bonchev–Trinajstić information content (AvgIpc) is 3.80. The molecule has 9 rings (SSSR count). The lowest BCUT2D eigenvalue weighted by atomic mass is 9.79. The van der Waals surface area contributed by atoms with E-state index in [1.165, 1.54) is 6.07 Å². The molecular weight excluding hydrogens is 839 g/mol. The van der Waals surface area contributed by atoms with Crippen LogP contribution in [0.2, 0.25) is 0 Å². The van der Waals surface area contributed by atoms with Crippen LogP contribution in [0.5, 0.6) is 5.75 Å². The van der Waals surface area contributed by atoms with Crippen LogP contribution < -0.4 is 0 Å². The summed E-state index contributed by atoms with van der Waals surface area (Å²) in [5, 5.41) is 12.6. The van der Waals surface area contributed by atoms with E-state index in [1.54, 1.807) is 36.5 Å². The van der Waals surface area contributed by atoms with Crippen LogP contribution >= 0.6 is 0 Å². The molecule has 4 nitrogen and oxygen atoms in total. The van der Waals surface area contributed by atoms with Gasteiger partial charge in [-0.1, -0.05) is 186 Å². The third-order valence-electron chi connectivity index (χ3n) is 13.1. The van der Waals surface area contributed by atoms with Gasteiger partial charge in [-0.3, -0.25) is 9.55 Å². The van der Waals surface area contributed by atoms with E-state index in [2.05, 4.69) is 47.6 Å². The number of pyridine rings is 1. The highest BCUT2D eigenvalue weighted by Gasteiger charge is 2.30. The van der Waals surface area contributed by atoms with Crippen molar-refractivity contribution >= 4 is 11.0 Å². The fourth-order valence-electron chi connectivity index (χ4n) is 9.15. The third-order valence-corrected chi connectivity index (χ3v) is 13.1.